The second-order valence-corrected chi connectivity index (χ2v) is 7.98. The summed E-state index contributed by atoms with van der Waals surface area (Å²) >= 11 is 0. The fourth-order valence-electron chi connectivity index (χ4n) is 2.57. The van der Waals surface area contributed by atoms with Crippen LogP contribution in [0.4, 0.5) is 0 Å². The Morgan fingerprint density at radius 2 is 1.69 bits per heavy atom. The maximum absolute atomic E-state index is 12.5. The van der Waals surface area contributed by atoms with Gasteiger partial charge < -0.3 is 15.2 Å². The molecule has 0 saturated carbocycles. The molecule has 0 atom stereocenters. The lowest BCUT2D eigenvalue weighted by Gasteiger charge is -2.26. The summed E-state index contributed by atoms with van der Waals surface area (Å²) in [6.45, 7) is 1.80. The third-order valence-electron chi connectivity index (χ3n) is 4.07. The van der Waals surface area contributed by atoms with Gasteiger partial charge in [0, 0.05) is 32.5 Å². The molecule has 8 nitrogen and oxygen atoms in total. The normalized spacial score (nSPS) is 15.5. The third-order valence-corrected chi connectivity index (χ3v) is 5.98. The van der Waals surface area contributed by atoms with Gasteiger partial charge in [-0.1, -0.05) is 12.1 Å². The van der Waals surface area contributed by atoms with Crippen LogP contribution in [-0.2, 0) is 30.9 Å². The van der Waals surface area contributed by atoms with E-state index in [2.05, 4.69) is 5.32 Å². The fraction of sp³-hybridized carbons (Fsp3) is 0.529. The molecule has 2 rings (SSSR count). The lowest BCUT2D eigenvalue weighted by Crippen LogP contribution is -2.40. The minimum absolute atomic E-state index is 0.0619. The van der Waals surface area contributed by atoms with E-state index < -0.39 is 16.0 Å². The zero-order chi connectivity index (χ0) is 19.0. The largest absolute Gasteiger partial charge is 0.481 e. The Morgan fingerprint density at radius 1 is 1.08 bits per heavy atom. The third kappa shape index (κ3) is 6.08. The Hall–Kier alpha value is -1.97. The van der Waals surface area contributed by atoms with Crippen LogP contribution in [0.15, 0.2) is 29.2 Å². The molecule has 1 heterocycles. The molecule has 0 unspecified atom stereocenters. The van der Waals surface area contributed by atoms with Gasteiger partial charge in [0.15, 0.2) is 0 Å². The summed E-state index contributed by atoms with van der Waals surface area (Å²) in [4.78, 5) is 22.3. The summed E-state index contributed by atoms with van der Waals surface area (Å²) in [6, 6.07) is 6.44. The molecule has 0 bridgehead atoms. The van der Waals surface area contributed by atoms with Gasteiger partial charge in [-0.3, -0.25) is 9.59 Å². The highest BCUT2D eigenvalue weighted by Gasteiger charge is 2.26. The van der Waals surface area contributed by atoms with Crippen molar-refractivity contribution in [2.24, 2.45) is 0 Å². The SMILES string of the molecule is O=C(O)CCCCC(=O)NCc1ccc(S(=O)(=O)N2CCOCC2)cc1. The Morgan fingerprint density at radius 3 is 2.31 bits per heavy atom. The number of carboxylic acid groups (broad SMARTS) is 1. The lowest BCUT2D eigenvalue weighted by atomic mass is 10.2. The summed E-state index contributed by atoms with van der Waals surface area (Å²) in [6.07, 6.45) is 1.33. The van der Waals surface area contributed by atoms with Crippen LogP contribution in [0.25, 0.3) is 0 Å². The van der Waals surface area contributed by atoms with Crippen LogP contribution in [0, 0.1) is 0 Å². The van der Waals surface area contributed by atoms with Crippen LogP contribution < -0.4 is 5.32 Å². The number of aliphatic carboxylic acids is 1. The smallest absolute Gasteiger partial charge is 0.303 e. The minimum atomic E-state index is -3.51. The van der Waals surface area contributed by atoms with Gasteiger partial charge >= 0.3 is 5.97 Å². The topological polar surface area (TPSA) is 113 Å². The molecule has 9 heteroatoms. The van der Waals surface area contributed by atoms with Gasteiger partial charge in [-0.05, 0) is 30.5 Å². The highest BCUT2D eigenvalue weighted by atomic mass is 32.2. The number of carboxylic acids is 1. The van der Waals surface area contributed by atoms with Gasteiger partial charge in [0.1, 0.15) is 0 Å². The summed E-state index contributed by atoms with van der Waals surface area (Å²) < 4.78 is 31.6. The van der Waals surface area contributed by atoms with E-state index in [0.717, 1.165) is 5.56 Å². The van der Waals surface area contributed by atoms with Gasteiger partial charge in [-0.15, -0.1) is 0 Å². The molecule has 144 valence electrons. The number of carbonyl (C=O) groups excluding carboxylic acids is 1. The van der Waals surface area contributed by atoms with E-state index in [9.17, 15) is 18.0 Å². The first-order valence-corrected chi connectivity index (χ1v) is 9.99. The summed E-state index contributed by atoms with van der Waals surface area (Å²) in [7, 11) is -3.51. The molecule has 26 heavy (non-hydrogen) atoms. The number of sulfonamides is 1. The molecule has 0 aromatic heterocycles. The molecule has 0 spiro atoms. The highest BCUT2D eigenvalue weighted by molar-refractivity contribution is 7.89. The second-order valence-electron chi connectivity index (χ2n) is 6.04. The predicted molar refractivity (Wildman–Crippen MR) is 94.0 cm³/mol. The first kappa shape index (κ1) is 20.3. The van der Waals surface area contributed by atoms with Gasteiger partial charge in [-0.25, -0.2) is 8.42 Å². The van der Waals surface area contributed by atoms with Crippen LogP contribution in [-0.4, -0.2) is 56.0 Å². The van der Waals surface area contributed by atoms with E-state index in [1.807, 2.05) is 0 Å². The number of rotatable bonds is 9. The molecule has 1 aliphatic rings. The number of carbonyl (C=O) groups is 2. The molecule has 0 radical (unpaired) electrons. The second kappa shape index (κ2) is 9.65. The zero-order valence-electron chi connectivity index (χ0n) is 14.5. The summed E-state index contributed by atoms with van der Waals surface area (Å²) in [5.41, 5.74) is 0.796. The first-order valence-electron chi connectivity index (χ1n) is 8.55. The lowest BCUT2D eigenvalue weighted by molar-refractivity contribution is -0.137. The molecule has 1 fully saturated rings. The summed E-state index contributed by atoms with van der Waals surface area (Å²) in [5.74, 6) is -1.02. The number of hydrogen-bond donors (Lipinski definition) is 2. The van der Waals surface area contributed by atoms with Gasteiger partial charge in [0.2, 0.25) is 15.9 Å². The highest BCUT2D eigenvalue weighted by Crippen LogP contribution is 2.17. The standard InChI is InChI=1S/C17H24N2O6S/c20-16(3-1-2-4-17(21)22)18-13-14-5-7-15(8-6-14)26(23,24)19-9-11-25-12-10-19/h5-8H,1-4,9-13H2,(H,18,20)(H,21,22). The van der Waals surface area contributed by atoms with Gasteiger partial charge in [0.25, 0.3) is 0 Å². The number of hydrogen-bond acceptors (Lipinski definition) is 5. The van der Waals surface area contributed by atoms with E-state index in [-0.39, 0.29) is 23.6 Å². The van der Waals surface area contributed by atoms with Crippen molar-refractivity contribution in [1.82, 2.24) is 9.62 Å². The molecule has 1 aromatic rings. The molecular formula is C17H24N2O6S. The molecule has 1 amide bonds. The van der Waals surface area contributed by atoms with E-state index in [1.165, 1.54) is 4.31 Å². The van der Waals surface area contributed by atoms with Crippen molar-refractivity contribution in [2.45, 2.75) is 37.1 Å². The Labute approximate surface area is 153 Å². The monoisotopic (exact) mass is 384 g/mol. The maximum atomic E-state index is 12.5. The van der Waals surface area contributed by atoms with E-state index in [0.29, 0.717) is 45.7 Å². The molecule has 1 aliphatic heterocycles. The zero-order valence-corrected chi connectivity index (χ0v) is 15.3. The Kier molecular flexibility index (Phi) is 7.55. The average molecular weight is 384 g/mol. The number of ether oxygens (including phenoxy) is 1. The first-order chi connectivity index (χ1) is 12.4. The van der Waals surface area contributed by atoms with Crippen molar-refractivity contribution < 1.29 is 27.9 Å². The van der Waals surface area contributed by atoms with E-state index >= 15 is 0 Å². The van der Waals surface area contributed by atoms with Crippen LogP contribution in [0.5, 0.6) is 0 Å². The maximum Gasteiger partial charge on any atom is 0.303 e. The molecular weight excluding hydrogens is 360 g/mol. The molecule has 1 saturated heterocycles. The quantitative estimate of drug-likeness (QED) is 0.614. The van der Waals surface area contributed by atoms with Crippen molar-refractivity contribution in [3.63, 3.8) is 0 Å². The Balaban J connectivity index is 1.81. The van der Waals surface area contributed by atoms with Crippen molar-refractivity contribution >= 4 is 21.9 Å². The van der Waals surface area contributed by atoms with E-state index in [4.69, 9.17) is 9.84 Å². The molecule has 0 aliphatic carbocycles. The van der Waals surface area contributed by atoms with Gasteiger partial charge in [0.05, 0.1) is 18.1 Å². The van der Waals surface area contributed by atoms with Crippen LogP contribution >= 0.6 is 0 Å². The molecule has 2 N–H and O–H groups in total. The van der Waals surface area contributed by atoms with Crippen LogP contribution in [0.1, 0.15) is 31.2 Å². The minimum Gasteiger partial charge on any atom is -0.481 e. The number of morpholine rings is 1. The number of nitrogens with one attached hydrogen (secondary N) is 1. The van der Waals surface area contributed by atoms with Crippen LogP contribution in [0.3, 0.4) is 0 Å². The Bertz CT molecular complexity index is 711. The number of benzene rings is 1. The fourth-order valence-corrected chi connectivity index (χ4v) is 3.97. The van der Waals surface area contributed by atoms with Gasteiger partial charge in [-0.2, -0.15) is 4.31 Å². The number of amides is 1. The number of unbranched alkanes of at least 4 members (excludes halogenated alkanes) is 1. The van der Waals surface area contributed by atoms with Crippen molar-refractivity contribution in [1.29, 1.82) is 0 Å². The summed E-state index contributed by atoms with van der Waals surface area (Å²) in [5, 5.41) is 11.3. The average Bonchev–Trinajstić information content (AvgIpc) is 2.64. The van der Waals surface area contributed by atoms with E-state index in [1.54, 1.807) is 24.3 Å². The molecule has 1 aromatic carbocycles. The van der Waals surface area contributed by atoms with Crippen LogP contribution in [0.2, 0.25) is 0 Å². The van der Waals surface area contributed by atoms with Crippen molar-refractivity contribution in [3.8, 4) is 0 Å². The van der Waals surface area contributed by atoms with Crippen molar-refractivity contribution in [2.75, 3.05) is 26.3 Å². The van der Waals surface area contributed by atoms with Crippen molar-refractivity contribution in [3.05, 3.63) is 29.8 Å². The number of nitrogens with zero attached hydrogens (tertiary/aromatic N) is 1. The predicted octanol–water partition coefficient (Wildman–Crippen LogP) is 0.969.